The molecule has 0 aliphatic rings. The normalized spacial score (nSPS) is 13.0. The number of aliphatic carboxylic acids is 1. The van der Waals surface area contributed by atoms with Gasteiger partial charge >= 0.3 is 11.7 Å². The Kier molecular flexibility index (Phi) is 7.09. The van der Waals surface area contributed by atoms with Gasteiger partial charge in [-0.1, -0.05) is 24.3 Å². The molecular formula is C22H24N4O5. The monoisotopic (exact) mass is 424 g/mol. The van der Waals surface area contributed by atoms with Crippen LogP contribution in [0.1, 0.15) is 18.4 Å². The molecule has 9 nitrogen and oxygen atoms in total. The molecule has 2 N–H and O–H groups in total. The molecular weight excluding hydrogens is 400 g/mol. The van der Waals surface area contributed by atoms with E-state index in [1.807, 2.05) is 24.3 Å². The molecule has 1 aromatic carbocycles. The summed E-state index contributed by atoms with van der Waals surface area (Å²) in [5.74, 6) is -2.14. The molecule has 0 fully saturated rings. The number of aryl methyl sites for hydroxylation is 2. The average molecular weight is 424 g/mol. The molecule has 162 valence electrons. The molecule has 2 heterocycles. The van der Waals surface area contributed by atoms with Gasteiger partial charge in [-0.2, -0.15) is 0 Å². The van der Waals surface area contributed by atoms with E-state index in [0.29, 0.717) is 6.42 Å². The second-order valence-corrected chi connectivity index (χ2v) is 7.35. The third-order valence-corrected chi connectivity index (χ3v) is 5.30. The largest absolute Gasteiger partial charge is 0.481 e. The fraction of sp³-hybridized carbons (Fsp3) is 0.318. The van der Waals surface area contributed by atoms with Crippen molar-refractivity contribution in [3.8, 4) is 11.1 Å². The van der Waals surface area contributed by atoms with Crippen molar-refractivity contribution in [1.82, 2.24) is 19.1 Å². The maximum atomic E-state index is 12.1. The highest BCUT2D eigenvalue weighted by Gasteiger charge is 2.26. The summed E-state index contributed by atoms with van der Waals surface area (Å²) in [6.07, 6.45) is 6.04. The number of carbonyl (C=O) groups is 1. The zero-order chi connectivity index (χ0) is 22.4. The van der Waals surface area contributed by atoms with Gasteiger partial charge in [0.25, 0.3) is 5.56 Å². The Morgan fingerprint density at radius 1 is 1.03 bits per heavy atom. The number of aromatic nitrogens is 4. The summed E-state index contributed by atoms with van der Waals surface area (Å²) < 4.78 is 2.23. The van der Waals surface area contributed by atoms with E-state index in [0.717, 1.165) is 21.3 Å². The molecule has 0 spiro atoms. The lowest BCUT2D eigenvalue weighted by Crippen LogP contribution is -2.38. The topological polar surface area (TPSA) is 127 Å². The quantitative estimate of drug-likeness (QED) is 0.526. The van der Waals surface area contributed by atoms with E-state index in [4.69, 9.17) is 0 Å². The molecule has 9 heteroatoms. The van der Waals surface area contributed by atoms with Crippen LogP contribution >= 0.6 is 0 Å². The van der Waals surface area contributed by atoms with Gasteiger partial charge in [-0.25, -0.2) is 14.8 Å². The van der Waals surface area contributed by atoms with Crippen LogP contribution in [0, 0.1) is 5.92 Å². The molecule has 0 amide bonds. The zero-order valence-corrected chi connectivity index (χ0v) is 17.1. The van der Waals surface area contributed by atoms with Gasteiger partial charge in [-0.15, -0.1) is 0 Å². The number of benzene rings is 1. The third kappa shape index (κ3) is 5.52. The van der Waals surface area contributed by atoms with E-state index in [9.17, 15) is 24.6 Å². The van der Waals surface area contributed by atoms with E-state index in [1.165, 1.54) is 30.2 Å². The maximum absolute atomic E-state index is 12.1. The first kappa shape index (κ1) is 22.1. The molecule has 0 aliphatic carbocycles. The lowest BCUT2D eigenvalue weighted by molar-refractivity contribution is -0.146. The lowest BCUT2D eigenvalue weighted by Gasteiger charge is -2.20. The zero-order valence-electron chi connectivity index (χ0n) is 17.1. The summed E-state index contributed by atoms with van der Waals surface area (Å²) in [4.78, 5) is 43.2. The summed E-state index contributed by atoms with van der Waals surface area (Å²) in [5, 5.41) is 20.0. The third-order valence-electron chi connectivity index (χ3n) is 5.30. The van der Waals surface area contributed by atoms with Crippen molar-refractivity contribution in [1.29, 1.82) is 0 Å². The van der Waals surface area contributed by atoms with Crippen LogP contribution in [0.2, 0.25) is 0 Å². The molecule has 0 saturated heterocycles. The van der Waals surface area contributed by atoms with E-state index in [2.05, 4.69) is 9.97 Å². The number of aliphatic hydroxyl groups is 1. The first-order chi connectivity index (χ1) is 14.9. The minimum Gasteiger partial charge on any atom is -0.481 e. The minimum absolute atomic E-state index is 0.0710. The predicted octanol–water partition coefficient (Wildman–Crippen LogP) is 1.09. The molecule has 0 radical (unpaired) electrons. The highest BCUT2D eigenvalue weighted by Crippen LogP contribution is 2.20. The number of hydrogen-bond donors (Lipinski definition) is 2. The van der Waals surface area contributed by atoms with Crippen molar-refractivity contribution in [3.63, 3.8) is 0 Å². The van der Waals surface area contributed by atoms with Crippen molar-refractivity contribution >= 4 is 5.97 Å². The van der Waals surface area contributed by atoms with Crippen LogP contribution in [-0.2, 0) is 24.8 Å². The Morgan fingerprint density at radius 2 is 1.71 bits per heavy atom. The van der Waals surface area contributed by atoms with E-state index in [1.54, 1.807) is 12.4 Å². The Morgan fingerprint density at radius 3 is 2.35 bits per heavy atom. The molecule has 0 bridgehead atoms. The van der Waals surface area contributed by atoms with Crippen LogP contribution in [-0.4, -0.2) is 41.4 Å². The van der Waals surface area contributed by atoms with Gasteiger partial charge in [-0.05, 0) is 30.4 Å². The van der Waals surface area contributed by atoms with Crippen LogP contribution in [0.25, 0.3) is 11.1 Å². The molecule has 2 atom stereocenters. The Balaban J connectivity index is 1.60. The number of nitrogens with zero attached hydrogens (tertiary/aromatic N) is 4. The second kappa shape index (κ2) is 9.94. The molecule has 0 aliphatic heterocycles. The number of rotatable bonds is 9. The highest BCUT2D eigenvalue weighted by atomic mass is 16.4. The Bertz CT molecular complexity index is 1140. The van der Waals surface area contributed by atoms with Crippen LogP contribution in [0.3, 0.4) is 0 Å². The molecule has 3 rings (SSSR count). The molecule has 2 unspecified atom stereocenters. The smallest absolute Gasteiger partial charge is 0.330 e. The van der Waals surface area contributed by atoms with Gasteiger partial charge in [0.05, 0.1) is 12.0 Å². The van der Waals surface area contributed by atoms with Gasteiger partial charge < -0.3 is 14.8 Å². The second-order valence-electron chi connectivity index (χ2n) is 7.35. The Hall–Kier alpha value is -3.59. The van der Waals surface area contributed by atoms with Crippen LogP contribution in [0.5, 0.6) is 0 Å². The first-order valence-corrected chi connectivity index (χ1v) is 9.88. The van der Waals surface area contributed by atoms with Crippen molar-refractivity contribution in [2.75, 3.05) is 0 Å². The average Bonchev–Trinajstić information content (AvgIpc) is 2.78. The maximum Gasteiger partial charge on any atom is 0.330 e. The van der Waals surface area contributed by atoms with Crippen molar-refractivity contribution in [3.05, 3.63) is 81.7 Å². The minimum atomic E-state index is -1.12. The summed E-state index contributed by atoms with van der Waals surface area (Å²) >= 11 is 0. The Labute approximate surface area is 178 Å². The SMILES string of the molecule is Cn1c(=O)ccn(CCC(C(=O)O)C(O)CCc2ccc(-c3cncnc3)cc2)c1=O. The summed E-state index contributed by atoms with van der Waals surface area (Å²) in [7, 11) is 1.36. The van der Waals surface area contributed by atoms with Crippen LogP contribution in [0.4, 0.5) is 0 Å². The standard InChI is InChI=1S/C22H24N4O5/c1-25-20(28)9-11-26(22(25)31)10-8-18(21(29)30)19(27)7-4-15-2-5-16(6-3-15)17-12-23-14-24-13-17/h2-3,5-6,9,11-14,18-19,27H,4,7-8,10H2,1H3,(H,29,30). The predicted molar refractivity (Wildman–Crippen MR) is 113 cm³/mol. The summed E-state index contributed by atoms with van der Waals surface area (Å²) in [5.41, 5.74) is 1.89. The van der Waals surface area contributed by atoms with Crippen LogP contribution in [0.15, 0.2) is 64.8 Å². The van der Waals surface area contributed by atoms with E-state index >= 15 is 0 Å². The fourth-order valence-corrected chi connectivity index (χ4v) is 3.37. The van der Waals surface area contributed by atoms with E-state index in [-0.39, 0.29) is 19.4 Å². The first-order valence-electron chi connectivity index (χ1n) is 9.88. The lowest BCUT2D eigenvalue weighted by atomic mass is 9.93. The molecule has 0 saturated carbocycles. The molecule has 2 aromatic heterocycles. The number of hydrogen-bond acceptors (Lipinski definition) is 6. The summed E-state index contributed by atoms with van der Waals surface area (Å²) in [6, 6.07) is 8.96. The molecule has 3 aromatic rings. The van der Waals surface area contributed by atoms with Crippen molar-refractivity contribution < 1.29 is 15.0 Å². The van der Waals surface area contributed by atoms with Gasteiger partial charge in [0, 0.05) is 43.8 Å². The number of carboxylic acids is 1. The van der Waals surface area contributed by atoms with Gasteiger partial charge in [0.15, 0.2) is 0 Å². The van der Waals surface area contributed by atoms with Crippen LogP contribution < -0.4 is 11.2 Å². The van der Waals surface area contributed by atoms with E-state index < -0.39 is 29.2 Å². The number of aliphatic hydroxyl groups excluding tert-OH is 1. The van der Waals surface area contributed by atoms with Crippen molar-refractivity contribution in [2.24, 2.45) is 13.0 Å². The van der Waals surface area contributed by atoms with Gasteiger partial charge in [-0.3, -0.25) is 14.2 Å². The van der Waals surface area contributed by atoms with Gasteiger partial charge in [0.2, 0.25) is 0 Å². The fourth-order valence-electron chi connectivity index (χ4n) is 3.37. The van der Waals surface area contributed by atoms with Crippen molar-refractivity contribution in [2.45, 2.75) is 31.9 Å². The van der Waals surface area contributed by atoms with Gasteiger partial charge in [0.1, 0.15) is 6.33 Å². The number of carboxylic acid groups (broad SMARTS) is 1. The highest BCUT2D eigenvalue weighted by molar-refractivity contribution is 5.70. The summed E-state index contributed by atoms with van der Waals surface area (Å²) in [6.45, 7) is 0.0921. The molecule has 31 heavy (non-hydrogen) atoms.